The van der Waals surface area contributed by atoms with E-state index < -0.39 is 11.7 Å². The van der Waals surface area contributed by atoms with E-state index >= 15 is 0 Å². The Labute approximate surface area is 250 Å². The zero-order valence-corrected chi connectivity index (χ0v) is 25.1. The molecule has 4 heterocycles. The number of Topliss-reactive ketones (excluding diaryl/α,β-unsaturated/α-hetero) is 2. The number of pyridine rings is 1. The molecule has 1 saturated heterocycles. The number of nitrogens with zero attached hydrogens (tertiary/aromatic N) is 3. The molecule has 3 N–H and O–H groups in total. The third-order valence-electron chi connectivity index (χ3n) is 6.65. The number of carbonyl (C=O) groups excluding carboxylic acids is 4. The standard InChI is InChI=1S/C14H15N3O.C8H5NO2.C6H11NO.2C2H6.CH4/c1-17-7-6-12-10(8-17)13(14(15)18)9-4-2-3-5-11(9)16-12;10-7-5-3-1-2-4-6(5)9-8(7)11;1-7-4-2-6(8)3-5-7;2*1-2;/h2-5H,6-8H2,1H3,(H2,15,18);1-4H,(H,9,10,11);2-5H2,1H3;2*1-2H3;1H4. The molecule has 0 spiro atoms. The lowest BCUT2D eigenvalue weighted by Crippen LogP contribution is -2.30. The summed E-state index contributed by atoms with van der Waals surface area (Å²) in [4.78, 5) is 53.1. The van der Waals surface area contributed by atoms with Crippen LogP contribution in [0.1, 0.15) is 79.9 Å². The Kier molecular flexibility index (Phi) is 15.3. The molecule has 0 saturated carbocycles. The van der Waals surface area contributed by atoms with Crippen molar-refractivity contribution in [1.29, 1.82) is 0 Å². The van der Waals surface area contributed by atoms with E-state index in [1.54, 1.807) is 24.3 Å². The van der Waals surface area contributed by atoms with Gasteiger partial charge in [-0.15, -0.1) is 0 Å². The van der Waals surface area contributed by atoms with E-state index in [1.807, 2.05) is 66.1 Å². The van der Waals surface area contributed by atoms with Crippen LogP contribution in [0, 0.1) is 0 Å². The Morgan fingerprint density at radius 1 is 0.833 bits per heavy atom. The number of likely N-dealkylation sites (tertiary alicyclic amines) is 1. The third kappa shape index (κ3) is 9.29. The summed E-state index contributed by atoms with van der Waals surface area (Å²) in [7, 11) is 4.09. The average molecular weight is 578 g/mol. The van der Waals surface area contributed by atoms with Gasteiger partial charge in [0.25, 0.3) is 11.7 Å². The maximum Gasteiger partial charge on any atom is 0.296 e. The SMILES string of the molecule is C.CC.CC.CN1CCC(=O)CC1.CN1CCc2nc3ccccc3c(C(N)=O)c2C1.O=C1Nc2ccccc2C1=O. The molecule has 3 aliphatic heterocycles. The molecule has 0 aliphatic carbocycles. The van der Waals surface area contributed by atoms with Crippen LogP contribution in [0.15, 0.2) is 48.5 Å². The second kappa shape index (κ2) is 17.8. The van der Waals surface area contributed by atoms with Crippen molar-refractivity contribution in [3.05, 3.63) is 70.9 Å². The predicted octanol–water partition coefficient (Wildman–Crippen LogP) is 5.11. The quantitative estimate of drug-likeness (QED) is 0.385. The van der Waals surface area contributed by atoms with Crippen LogP contribution in [0.5, 0.6) is 0 Å². The maximum absolute atomic E-state index is 11.8. The van der Waals surface area contributed by atoms with Crippen LogP contribution >= 0.6 is 0 Å². The van der Waals surface area contributed by atoms with E-state index in [0.717, 1.165) is 67.6 Å². The van der Waals surface area contributed by atoms with E-state index in [4.69, 9.17) is 5.73 Å². The van der Waals surface area contributed by atoms with Crippen LogP contribution < -0.4 is 11.1 Å². The van der Waals surface area contributed by atoms with Crippen LogP contribution in [0.2, 0.25) is 0 Å². The largest absolute Gasteiger partial charge is 0.366 e. The van der Waals surface area contributed by atoms with Gasteiger partial charge in [0.2, 0.25) is 5.91 Å². The summed E-state index contributed by atoms with van der Waals surface area (Å²) in [5, 5.41) is 3.32. The Balaban J connectivity index is 0.000000316. The van der Waals surface area contributed by atoms with Crippen LogP contribution in [0.3, 0.4) is 0 Å². The van der Waals surface area contributed by atoms with Gasteiger partial charge in [0.1, 0.15) is 5.78 Å². The molecule has 6 rings (SSSR count). The lowest BCUT2D eigenvalue weighted by Gasteiger charge is -2.26. The number of hydrogen-bond acceptors (Lipinski definition) is 7. The number of primary amides is 1. The molecule has 9 nitrogen and oxygen atoms in total. The van der Waals surface area contributed by atoms with Crippen molar-refractivity contribution in [2.45, 2.75) is 60.9 Å². The number of ketones is 2. The Morgan fingerprint density at radius 3 is 2.00 bits per heavy atom. The van der Waals surface area contributed by atoms with Gasteiger partial charge in [-0.3, -0.25) is 24.2 Å². The maximum atomic E-state index is 11.8. The number of amides is 2. The number of rotatable bonds is 1. The number of aromatic nitrogens is 1. The first-order chi connectivity index (χ1) is 19.7. The van der Waals surface area contributed by atoms with Crippen molar-refractivity contribution in [3.63, 3.8) is 0 Å². The number of piperidine rings is 1. The molecule has 2 aromatic carbocycles. The van der Waals surface area contributed by atoms with Crippen molar-refractivity contribution in [3.8, 4) is 0 Å². The van der Waals surface area contributed by atoms with Crippen LogP contribution in [-0.2, 0) is 22.6 Å². The molecule has 3 aromatic rings. The van der Waals surface area contributed by atoms with Crippen LogP contribution in [-0.4, -0.2) is 71.9 Å². The van der Waals surface area contributed by atoms with Crippen molar-refractivity contribution in [1.82, 2.24) is 14.8 Å². The molecule has 1 aromatic heterocycles. The number of carbonyl (C=O) groups is 4. The highest BCUT2D eigenvalue weighted by atomic mass is 16.2. The van der Waals surface area contributed by atoms with Gasteiger partial charge in [0.05, 0.1) is 22.3 Å². The third-order valence-corrected chi connectivity index (χ3v) is 6.65. The number of nitrogens with two attached hydrogens (primary N) is 1. The Hall–Kier alpha value is -3.95. The van der Waals surface area contributed by atoms with Gasteiger partial charge < -0.3 is 20.9 Å². The fourth-order valence-corrected chi connectivity index (χ4v) is 4.57. The number of nitrogens with one attached hydrogen (secondary N) is 1. The van der Waals surface area contributed by atoms with Gasteiger partial charge in [-0.25, -0.2) is 0 Å². The van der Waals surface area contributed by atoms with Gasteiger partial charge in [-0.05, 0) is 32.3 Å². The van der Waals surface area contributed by atoms with Crippen molar-refractivity contribution in [2.75, 3.05) is 39.0 Å². The van der Waals surface area contributed by atoms with E-state index in [-0.39, 0.29) is 13.3 Å². The van der Waals surface area contributed by atoms with Gasteiger partial charge in [-0.1, -0.05) is 65.5 Å². The molecule has 2 amide bonds. The monoisotopic (exact) mass is 577 g/mol. The number of benzene rings is 2. The van der Waals surface area contributed by atoms with Gasteiger partial charge in [0, 0.05) is 62.1 Å². The molecular formula is C33H47N5O4. The molecule has 0 unspecified atom stereocenters. The van der Waals surface area contributed by atoms with Crippen LogP contribution in [0.4, 0.5) is 5.69 Å². The zero-order chi connectivity index (χ0) is 30.5. The molecular weight excluding hydrogens is 530 g/mol. The minimum Gasteiger partial charge on any atom is -0.366 e. The molecule has 0 bridgehead atoms. The summed E-state index contributed by atoms with van der Waals surface area (Å²) in [6.07, 6.45) is 2.39. The van der Waals surface area contributed by atoms with Crippen molar-refractivity contribution >= 4 is 40.0 Å². The van der Waals surface area contributed by atoms with E-state index in [2.05, 4.69) is 20.1 Å². The minimum absolute atomic E-state index is 0. The Morgan fingerprint density at radius 2 is 1.40 bits per heavy atom. The topological polar surface area (TPSA) is 126 Å². The average Bonchev–Trinajstić information content (AvgIpc) is 3.29. The van der Waals surface area contributed by atoms with E-state index in [0.29, 0.717) is 22.6 Å². The molecule has 1 fully saturated rings. The number of hydrogen-bond donors (Lipinski definition) is 2. The van der Waals surface area contributed by atoms with Crippen molar-refractivity contribution < 1.29 is 19.2 Å². The minimum atomic E-state index is -0.536. The number of likely N-dealkylation sites (N-methyl/N-ethyl adjacent to an activating group) is 1. The summed E-state index contributed by atoms with van der Waals surface area (Å²) in [5.41, 5.74) is 10.2. The fourth-order valence-electron chi connectivity index (χ4n) is 4.57. The second-order valence-corrected chi connectivity index (χ2v) is 9.45. The van der Waals surface area contributed by atoms with E-state index in [9.17, 15) is 19.2 Å². The summed E-state index contributed by atoms with van der Waals surface area (Å²) in [6.45, 7) is 11.6. The summed E-state index contributed by atoms with van der Waals surface area (Å²) in [6, 6.07) is 14.5. The number of anilines is 1. The summed E-state index contributed by atoms with van der Waals surface area (Å²) >= 11 is 0. The second-order valence-electron chi connectivity index (χ2n) is 9.45. The fraction of sp³-hybridized carbons (Fsp3) is 0.424. The molecule has 0 radical (unpaired) electrons. The molecule has 228 valence electrons. The van der Waals surface area contributed by atoms with Gasteiger partial charge in [-0.2, -0.15) is 0 Å². The number of fused-ring (bicyclic) bond motifs is 3. The smallest absolute Gasteiger partial charge is 0.296 e. The number of para-hydroxylation sites is 2. The predicted molar refractivity (Wildman–Crippen MR) is 171 cm³/mol. The molecule has 42 heavy (non-hydrogen) atoms. The van der Waals surface area contributed by atoms with E-state index in [1.165, 1.54) is 0 Å². The Bertz CT molecular complexity index is 1360. The summed E-state index contributed by atoms with van der Waals surface area (Å²) < 4.78 is 0. The first kappa shape index (κ1) is 36.1. The normalized spacial score (nSPS) is 15.3. The van der Waals surface area contributed by atoms with Crippen molar-refractivity contribution in [2.24, 2.45) is 5.73 Å². The zero-order valence-electron chi connectivity index (χ0n) is 25.1. The lowest BCUT2D eigenvalue weighted by molar-refractivity contribution is -0.121. The first-order valence-electron chi connectivity index (χ1n) is 14.3. The van der Waals surface area contributed by atoms with Crippen LogP contribution in [0.25, 0.3) is 10.9 Å². The van der Waals surface area contributed by atoms with Gasteiger partial charge >= 0.3 is 0 Å². The summed E-state index contributed by atoms with van der Waals surface area (Å²) in [5.74, 6) is -0.921. The highest BCUT2D eigenvalue weighted by Crippen LogP contribution is 2.27. The highest BCUT2D eigenvalue weighted by Gasteiger charge is 2.26. The molecule has 3 aliphatic rings. The lowest BCUT2D eigenvalue weighted by atomic mass is 9.96. The highest BCUT2D eigenvalue weighted by molar-refractivity contribution is 6.51. The molecule has 9 heteroatoms. The first-order valence-corrected chi connectivity index (χ1v) is 14.3. The molecule has 0 atom stereocenters. The van der Waals surface area contributed by atoms with Gasteiger partial charge in [0.15, 0.2) is 0 Å².